The second-order valence-electron chi connectivity index (χ2n) is 9.86. The summed E-state index contributed by atoms with van der Waals surface area (Å²) in [6.45, 7) is 4.13. The number of amides is 3. The number of nitrogens with one attached hydrogen (secondary N) is 1. The first-order chi connectivity index (χ1) is 19.3. The number of aromatic nitrogens is 1. The lowest BCUT2D eigenvalue weighted by Gasteiger charge is -2.49. The minimum Gasteiger partial charge on any atom is -0.445 e. The summed E-state index contributed by atoms with van der Waals surface area (Å²) in [7, 11) is 3.05. The third-order valence-electron chi connectivity index (χ3n) is 5.54. The predicted molar refractivity (Wildman–Crippen MR) is 148 cm³/mol. The van der Waals surface area contributed by atoms with Gasteiger partial charge in [-0.3, -0.25) is 19.3 Å². The number of thioether (sulfide) groups is 1. The number of carbonyl (C=O) groups is 5. The van der Waals surface area contributed by atoms with Gasteiger partial charge in [0.15, 0.2) is 10.8 Å². The topological polar surface area (TPSA) is 203 Å². The smallest absolute Gasteiger partial charge is 0.409 e. The Kier molecular flexibility index (Phi) is 9.98. The van der Waals surface area contributed by atoms with E-state index in [0.29, 0.717) is 5.57 Å². The number of esters is 2. The van der Waals surface area contributed by atoms with Gasteiger partial charge in [0.1, 0.15) is 29.4 Å². The first-order valence-corrected chi connectivity index (χ1v) is 14.0. The standard InChI is InChI=1S/C24H30N6O9S2/c1-24(2,3)21(34)39-11-38-20(33)16-12(7-6-8-37-23(35)29(4)5)9-40-19-15(18(32)30(16)19)27-17(31)14(28-36)13-10-41-22(25)26-13/h6-7,10,15,19,36H,8-9,11H2,1-5H3,(H2,25,26)(H,27,31)/b7-6-,28-14-/t15-,19-/m1/s1. The number of allylic oxidation sites excluding steroid dienone is 1. The fourth-order valence-electron chi connectivity index (χ4n) is 3.44. The quantitative estimate of drug-likeness (QED) is 0.0891. The van der Waals surface area contributed by atoms with Gasteiger partial charge in [-0.2, -0.15) is 0 Å². The van der Waals surface area contributed by atoms with E-state index in [0.717, 1.165) is 16.2 Å². The van der Waals surface area contributed by atoms with E-state index < -0.39 is 59.2 Å². The highest BCUT2D eigenvalue weighted by atomic mass is 32.2. The number of hydrogen-bond donors (Lipinski definition) is 3. The minimum atomic E-state index is -1.06. The molecule has 222 valence electrons. The largest absolute Gasteiger partial charge is 0.445 e. The van der Waals surface area contributed by atoms with Crippen LogP contribution in [0.2, 0.25) is 0 Å². The summed E-state index contributed by atoms with van der Waals surface area (Å²) in [5, 5.41) is 15.7. The molecule has 2 aliphatic rings. The monoisotopic (exact) mass is 610 g/mol. The zero-order valence-corrected chi connectivity index (χ0v) is 24.5. The van der Waals surface area contributed by atoms with Crippen LogP contribution in [0.25, 0.3) is 0 Å². The molecular formula is C24H30N6O9S2. The van der Waals surface area contributed by atoms with E-state index >= 15 is 0 Å². The van der Waals surface area contributed by atoms with Crippen molar-refractivity contribution in [2.24, 2.45) is 10.6 Å². The van der Waals surface area contributed by atoms with Gasteiger partial charge in [0.25, 0.3) is 11.8 Å². The Morgan fingerprint density at radius 1 is 1.27 bits per heavy atom. The molecule has 3 heterocycles. The highest BCUT2D eigenvalue weighted by Gasteiger charge is 2.54. The molecule has 0 bridgehead atoms. The number of ether oxygens (including phenoxy) is 3. The van der Waals surface area contributed by atoms with Crippen LogP contribution in [0.4, 0.5) is 9.93 Å². The molecule has 0 aromatic carbocycles. The van der Waals surface area contributed by atoms with Crippen molar-refractivity contribution < 1.29 is 43.4 Å². The lowest BCUT2D eigenvalue weighted by atomic mass is 9.98. The van der Waals surface area contributed by atoms with Crippen molar-refractivity contribution >= 4 is 63.8 Å². The molecule has 3 rings (SSSR count). The molecule has 0 unspecified atom stereocenters. The Labute approximate surface area is 243 Å². The number of rotatable bonds is 9. The van der Waals surface area contributed by atoms with E-state index in [4.69, 9.17) is 19.9 Å². The fourth-order valence-corrected chi connectivity index (χ4v) is 5.31. The number of nitrogens with two attached hydrogens (primary N) is 1. The number of carbonyl (C=O) groups excluding carboxylic acids is 5. The molecule has 2 aliphatic heterocycles. The van der Waals surface area contributed by atoms with Crippen molar-refractivity contribution in [2.45, 2.75) is 32.2 Å². The first kappa shape index (κ1) is 31.4. The summed E-state index contributed by atoms with van der Waals surface area (Å²) in [4.78, 5) is 69.1. The van der Waals surface area contributed by atoms with Gasteiger partial charge in [0, 0.05) is 25.2 Å². The summed E-state index contributed by atoms with van der Waals surface area (Å²) >= 11 is 2.29. The van der Waals surface area contributed by atoms with Crippen molar-refractivity contribution in [2.75, 3.05) is 39.0 Å². The molecule has 1 saturated heterocycles. The summed E-state index contributed by atoms with van der Waals surface area (Å²) in [6, 6.07) is -1.06. The van der Waals surface area contributed by atoms with Crippen LogP contribution in [-0.2, 0) is 33.4 Å². The third kappa shape index (κ3) is 7.35. The van der Waals surface area contributed by atoms with Gasteiger partial charge in [-0.25, -0.2) is 14.6 Å². The molecule has 41 heavy (non-hydrogen) atoms. The number of oxime groups is 1. The summed E-state index contributed by atoms with van der Waals surface area (Å²) < 4.78 is 15.2. The summed E-state index contributed by atoms with van der Waals surface area (Å²) in [5.41, 5.74) is 4.63. The molecule has 0 saturated carbocycles. The second-order valence-corrected chi connectivity index (χ2v) is 11.9. The fraction of sp³-hybridized carbons (Fsp3) is 0.458. The Morgan fingerprint density at radius 2 is 1.98 bits per heavy atom. The maximum atomic E-state index is 13.2. The molecule has 17 heteroatoms. The number of anilines is 1. The Hall–Kier alpha value is -4.12. The van der Waals surface area contributed by atoms with Crippen LogP contribution in [-0.4, -0.2) is 100 Å². The van der Waals surface area contributed by atoms with Crippen LogP contribution in [0.15, 0.2) is 34.0 Å². The zero-order chi connectivity index (χ0) is 30.5. The Bertz CT molecular complexity index is 1310. The van der Waals surface area contributed by atoms with E-state index in [9.17, 15) is 29.2 Å². The second kappa shape index (κ2) is 13.0. The maximum Gasteiger partial charge on any atom is 0.409 e. The predicted octanol–water partition coefficient (Wildman–Crippen LogP) is 0.902. The highest BCUT2D eigenvalue weighted by molar-refractivity contribution is 8.00. The van der Waals surface area contributed by atoms with Crippen LogP contribution >= 0.6 is 23.1 Å². The molecule has 0 spiro atoms. The Balaban J connectivity index is 1.78. The minimum absolute atomic E-state index is 0.0313. The van der Waals surface area contributed by atoms with Crippen LogP contribution in [0.5, 0.6) is 0 Å². The van der Waals surface area contributed by atoms with Crippen molar-refractivity contribution in [3.63, 3.8) is 0 Å². The van der Waals surface area contributed by atoms with Crippen LogP contribution in [0.3, 0.4) is 0 Å². The van der Waals surface area contributed by atoms with E-state index in [2.05, 4.69) is 15.5 Å². The van der Waals surface area contributed by atoms with E-state index in [1.807, 2.05) is 0 Å². The van der Waals surface area contributed by atoms with Gasteiger partial charge in [-0.05, 0) is 32.4 Å². The van der Waals surface area contributed by atoms with Crippen LogP contribution in [0.1, 0.15) is 26.5 Å². The SMILES string of the molecule is CN(C)C(=O)OC/C=C\C1=C(C(=O)OCOC(=O)C(C)(C)C)N2C(=O)[C@@H](NC(=O)/C(=N\O)c3csc(N)n3)[C@H]2SC1. The summed E-state index contributed by atoms with van der Waals surface area (Å²) in [6.07, 6.45) is 2.45. The van der Waals surface area contributed by atoms with Crippen LogP contribution < -0.4 is 11.1 Å². The van der Waals surface area contributed by atoms with E-state index in [1.165, 1.54) is 48.3 Å². The van der Waals surface area contributed by atoms with E-state index in [1.54, 1.807) is 20.8 Å². The van der Waals surface area contributed by atoms with Gasteiger partial charge in [-0.1, -0.05) is 11.2 Å². The number of nitrogen functional groups attached to an aromatic ring is 1. The van der Waals surface area contributed by atoms with Crippen molar-refractivity contribution in [1.82, 2.24) is 20.1 Å². The number of nitrogens with zero attached hydrogens (tertiary/aromatic N) is 4. The average Bonchev–Trinajstić information content (AvgIpc) is 3.34. The molecule has 1 fully saturated rings. The van der Waals surface area contributed by atoms with Crippen molar-refractivity contribution in [3.8, 4) is 0 Å². The summed E-state index contributed by atoms with van der Waals surface area (Å²) in [5.74, 6) is -2.81. The third-order valence-corrected chi connectivity index (χ3v) is 7.51. The van der Waals surface area contributed by atoms with Crippen molar-refractivity contribution in [3.05, 3.63) is 34.5 Å². The normalized spacial score (nSPS) is 18.9. The molecule has 1 aromatic rings. The molecule has 15 nitrogen and oxygen atoms in total. The molecule has 4 N–H and O–H groups in total. The number of hydrogen-bond acceptors (Lipinski definition) is 14. The number of thiazole rings is 1. The van der Waals surface area contributed by atoms with Gasteiger partial charge in [-0.15, -0.1) is 23.1 Å². The highest BCUT2D eigenvalue weighted by Crippen LogP contribution is 2.41. The lowest BCUT2D eigenvalue weighted by Crippen LogP contribution is -2.71. The molecule has 2 atom stereocenters. The van der Waals surface area contributed by atoms with Gasteiger partial charge in [0.05, 0.1) is 5.41 Å². The molecule has 0 aliphatic carbocycles. The Morgan fingerprint density at radius 3 is 2.56 bits per heavy atom. The molecule has 3 amide bonds. The van der Waals surface area contributed by atoms with Gasteiger partial charge in [0.2, 0.25) is 6.79 Å². The maximum absolute atomic E-state index is 13.2. The number of fused-ring (bicyclic) bond motifs is 1. The van der Waals surface area contributed by atoms with E-state index in [-0.39, 0.29) is 28.9 Å². The molecular weight excluding hydrogens is 580 g/mol. The van der Waals surface area contributed by atoms with Gasteiger partial charge >= 0.3 is 18.0 Å². The lowest BCUT2D eigenvalue weighted by molar-refractivity contribution is -0.173. The number of β-lactam (4-membered cyclic amide) rings is 1. The van der Waals surface area contributed by atoms with Gasteiger partial charge < -0.3 is 35.4 Å². The first-order valence-electron chi connectivity index (χ1n) is 12.0. The zero-order valence-electron chi connectivity index (χ0n) is 22.9. The van der Waals surface area contributed by atoms with Crippen LogP contribution in [0, 0.1) is 5.41 Å². The average molecular weight is 611 g/mol. The molecule has 1 aromatic heterocycles. The van der Waals surface area contributed by atoms with Crippen molar-refractivity contribution in [1.29, 1.82) is 0 Å². The molecule has 0 radical (unpaired) electrons.